The molecule has 1 aliphatic heterocycles. The van der Waals surface area contributed by atoms with E-state index in [4.69, 9.17) is 0 Å². The summed E-state index contributed by atoms with van der Waals surface area (Å²) in [4.78, 5) is 0.410. The average molecular weight is 262 g/mol. The van der Waals surface area contributed by atoms with Crippen LogP contribution in [0.15, 0.2) is 21.5 Å². The van der Waals surface area contributed by atoms with E-state index >= 15 is 0 Å². The molecule has 2 rings (SSSR count). The minimum atomic E-state index is -3.22. The molecule has 1 aromatic carbocycles. The third-order valence-electron chi connectivity index (χ3n) is 2.22. The van der Waals surface area contributed by atoms with Gasteiger partial charge in [0.25, 0.3) is 0 Å². The zero-order valence-corrected chi connectivity index (χ0v) is 9.37. The summed E-state index contributed by atoms with van der Waals surface area (Å²) in [5, 5.41) is 0. The van der Waals surface area contributed by atoms with Crippen molar-refractivity contribution in [1.82, 2.24) is 4.72 Å². The van der Waals surface area contributed by atoms with Gasteiger partial charge in [-0.15, -0.1) is 0 Å². The summed E-state index contributed by atoms with van der Waals surface area (Å²) in [5.74, 6) is 0. The quantitative estimate of drug-likeness (QED) is 0.771. The number of sulfonamides is 1. The molecule has 0 aromatic heterocycles. The minimum absolute atomic E-state index is 0.406. The number of nitrogens with one attached hydrogen (secondary N) is 1. The Bertz CT molecular complexity index is 467. The zero-order chi connectivity index (χ0) is 9.64. The Kier molecular flexibility index (Phi) is 1.98. The highest BCUT2D eigenvalue weighted by molar-refractivity contribution is 9.10. The third-order valence-corrected chi connectivity index (χ3v) is 4.56. The molecule has 3 nitrogen and oxygen atoms in total. The van der Waals surface area contributed by atoms with E-state index in [-0.39, 0.29) is 0 Å². The first kappa shape index (κ1) is 9.18. The maximum Gasteiger partial charge on any atom is 0.241 e. The highest BCUT2D eigenvalue weighted by Gasteiger charge is 2.26. The second-order valence-electron chi connectivity index (χ2n) is 2.97. The van der Waals surface area contributed by atoms with Gasteiger partial charge in [0.1, 0.15) is 0 Å². The van der Waals surface area contributed by atoms with Crippen LogP contribution in [-0.4, -0.2) is 8.42 Å². The Morgan fingerprint density at radius 2 is 2.15 bits per heavy atom. The number of hydrogen-bond donors (Lipinski definition) is 1. The molecule has 0 atom stereocenters. The Morgan fingerprint density at radius 1 is 1.46 bits per heavy atom. The summed E-state index contributed by atoms with van der Waals surface area (Å²) in [5.41, 5.74) is 1.86. The van der Waals surface area contributed by atoms with Crippen LogP contribution in [0.3, 0.4) is 0 Å². The standard InChI is InChI=1S/C8H8BrNO2S/c1-5-6-4-10-13(11,12)8(6)3-2-7(5)9/h2-3,10H,4H2,1H3. The molecule has 1 N–H and O–H groups in total. The van der Waals surface area contributed by atoms with Gasteiger partial charge in [0, 0.05) is 11.0 Å². The first-order valence-electron chi connectivity index (χ1n) is 3.80. The summed E-state index contributed by atoms with van der Waals surface area (Å²) < 4.78 is 26.2. The molecule has 70 valence electrons. The van der Waals surface area contributed by atoms with Crippen molar-refractivity contribution in [3.8, 4) is 0 Å². The van der Waals surface area contributed by atoms with Gasteiger partial charge in [-0.3, -0.25) is 0 Å². The SMILES string of the molecule is Cc1c(Br)ccc2c1CNS2(=O)=O. The number of rotatable bonds is 0. The summed E-state index contributed by atoms with van der Waals surface area (Å²) >= 11 is 3.36. The van der Waals surface area contributed by atoms with Gasteiger partial charge in [-0.25, -0.2) is 13.1 Å². The molecule has 1 aliphatic rings. The number of fused-ring (bicyclic) bond motifs is 1. The molecule has 0 amide bonds. The maximum absolute atomic E-state index is 11.4. The Hall–Kier alpha value is -0.390. The average Bonchev–Trinajstić information content (AvgIpc) is 2.35. The lowest BCUT2D eigenvalue weighted by atomic mass is 10.1. The molecule has 0 spiro atoms. The lowest BCUT2D eigenvalue weighted by Crippen LogP contribution is -2.13. The third kappa shape index (κ3) is 1.31. The molecule has 0 saturated heterocycles. The fourth-order valence-electron chi connectivity index (χ4n) is 1.42. The van der Waals surface area contributed by atoms with E-state index in [0.29, 0.717) is 11.4 Å². The molecule has 0 bridgehead atoms. The maximum atomic E-state index is 11.4. The highest BCUT2D eigenvalue weighted by atomic mass is 79.9. The highest BCUT2D eigenvalue weighted by Crippen LogP contribution is 2.29. The van der Waals surface area contributed by atoms with Crippen molar-refractivity contribution >= 4 is 26.0 Å². The fraction of sp³-hybridized carbons (Fsp3) is 0.250. The summed E-state index contributed by atoms with van der Waals surface area (Å²) in [6.07, 6.45) is 0. The van der Waals surface area contributed by atoms with E-state index in [1.165, 1.54) is 0 Å². The number of benzene rings is 1. The van der Waals surface area contributed by atoms with Gasteiger partial charge in [0.15, 0.2) is 0 Å². The predicted molar refractivity (Wildman–Crippen MR) is 52.9 cm³/mol. The molecule has 0 aliphatic carbocycles. The fourth-order valence-corrected chi connectivity index (χ4v) is 3.08. The van der Waals surface area contributed by atoms with Gasteiger partial charge in [-0.2, -0.15) is 0 Å². The van der Waals surface area contributed by atoms with Crippen molar-refractivity contribution in [2.24, 2.45) is 0 Å². The monoisotopic (exact) mass is 261 g/mol. The molecule has 13 heavy (non-hydrogen) atoms. The molecule has 1 heterocycles. The largest absolute Gasteiger partial charge is 0.241 e. The summed E-state index contributed by atoms with van der Waals surface area (Å²) in [6, 6.07) is 3.39. The Morgan fingerprint density at radius 3 is 2.85 bits per heavy atom. The smallest absolute Gasteiger partial charge is 0.207 e. The van der Waals surface area contributed by atoms with E-state index in [0.717, 1.165) is 15.6 Å². The van der Waals surface area contributed by atoms with Gasteiger partial charge in [0.2, 0.25) is 10.0 Å². The van der Waals surface area contributed by atoms with E-state index in [1.807, 2.05) is 6.92 Å². The van der Waals surface area contributed by atoms with Crippen LogP contribution in [0.2, 0.25) is 0 Å². The van der Waals surface area contributed by atoms with Crippen LogP contribution in [0.1, 0.15) is 11.1 Å². The van der Waals surface area contributed by atoms with Gasteiger partial charge < -0.3 is 0 Å². The molecule has 0 radical (unpaired) electrons. The van der Waals surface area contributed by atoms with Crippen LogP contribution >= 0.6 is 15.9 Å². The number of halogens is 1. The van der Waals surface area contributed by atoms with Gasteiger partial charge in [-0.1, -0.05) is 15.9 Å². The molecular weight excluding hydrogens is 254 g/mol. The van der Waals surface area contributed by atoms with Crippen molar-refractivity contribution in [3.63, 3.8) is 0 Å². The van der Waals surface area contributed by atoms with E-state index in [2.05, 4.69) is 20.7 Å². The van der Waals surface area contributed by atoms with E-state index < -0.39 is 10.0 Å². The van der Waals surface area contributed by atoms with Crippen LogP contribution in [0, 0.1) is 6.92 Å². The summed E-state index contributed by atoms with van der Waals surface area (Å²) in [7, 11) is -3.22. The first-order valence-corrected chi connectivity index (χ1v) is 6.07. The minimum Gasteiger partial charge on any atom is -0.207 e. The lowest BCUT2D eigenvalue weighted by Gasteiger charge is -2.02. The van der Waals surface area contributed by atoms with Crippen molar-refractivity contribution in [2.75, 3.05) is 0 Å². The van der Waals surface area contributed by atoms with Crippen LogP contribution in [0.5, 0.6) is 0 Å². The Labute approximate surface area is 85.3 Å². The molecular formula is C8H8BrNO2S. The second-order valence-corrected chi connectivity index (χ2v) is 5.56. The lowest BCUT2D eigenvalue weighted by molar-refractivity contribution is 0.589. The van der Waals surface area contributed by atoms with Gasteiger partial charge >= 0.3 is 0 Å². The zero-order valence-electron chi connectivity index (χ0n) is 6.96. The molecule has 0 fully saturated rings. The van der Waals surface area contributed by atoms with Crippen molar-refractivity contribution in [3.05, 3.63) is 27.7 Å². The molecule has 0 saturated carbocycles. The first-order chi connectivity index (χ1) is 6.02. The van der Waals surface area contributed by atoms with Crippen LogP contribution < -0.4 is 4.72 Å². The second kappa shape index (κ2) is 2.80. The van der Waals surface area contributed by atoms with Crippen molar-refractivity contribution in [2.45, 2.75) is 18.4 Å². The predicted octanol–water partition coefficient (Wildman–Crippen LogP) is 1.55. The normalized spacial score (nSPS) is 18.6. The van der Waals surface area contributed by atoms with Crippen LogP contribution in [0.4, 0.5) is 0 Å². The number of hydrogen-bond acceptors (Lipinski definition) is 2. The van der Waals surface area contributed by atoms with Gasteiger partial charge in [0.05, 0.1) is 4.90 Å². The van der Waals surface area contributed by atoms with Crippen LogP contribution in [0.25, 0.3) is 0 Å². The van der Waals surface area contributed by atoms with Gasteiger partial charge in [-0.05, 0) is 30.2 Å². The molecule has 1 aromatic rings. The van der Waals surface area contributed by atoms with Crippen molar-refractivity contribution < 1.29 is 8.42 Å². The molecule has 0 unspecified atom stereocenters. The van der Waals surface area contributed by atoms with E-state index in [1.54, 1.807) is 12.1 Å². The van der Waals surface area contributed by atoms with E-state index in [9.17, 15) is 8.42 Å². The summed E-state index contributed by atoms with van der Waals surface area (Å²) in [6.45, 7) is 2.31. The molecule has 5 heteroatoms. The topological polar surface area (TPSA) is 46.2 Å². The van der Waals surface area contributed by atoms with Crippen LogP contribution in [-0.2, 0) is 16.6 Å². The van der Waals surface area contributed by atoms with Crippen molar-refractivity contribution in [1.29, 1.82) is 0 Å². The Balaban J connectivity index is 2.78.